The van der Waals surface area contributed by atoms with Crippen LogP contribution in [0.4, 0.5) is 0 Å². The SMILES string of the molecule is CCOC(=O)[C@@H](C)Oc1c(C=NN2C(=O)[C@@H]3[C@H](C2=O)[C@H]2C=C[C@H]3C2)cc(Br)cc1OC. The van der Waals surface area contributed by atoms with Gasteiger partial charge in [-0.15, -0.1) is 0 Å². The number of esters is 1. The van der Waals surface area contributed by atoms with Gasteiger partial charge in [-0.25, -0.2) is 4.79 Å². The van der Waals surface area contributed by atoms with Gasteiger partial charge in [0.05, 0.1) is 31.8 Å². The first-order valence-corrected chi connectivity index (χ1v) is 11.0. The molecule has 2 bridgehead atoms. The maximum atomic E-state index is 12.9. The molecule has 1 aromatic rings. The van der Waals surface area contributed by atoms with Crippen molar-refractivity contribution in [3.05, 3.63) is 34.3 Å². The molecule has 0 radical (unpaired) electrons. The number of rotatable bonds is 7. The van der Waals surface area contributed by atoms with E-state index in [9.17, 15) is 14.4 Å². The number of hydrogen-bond donors (Lipinski definition) is 0. The van der Waals surface area contributed by atoms with Crippen molar-refractivity contribution in [2.24, 2.45) is 28.8 Å². The van der Waals surface area contributed by atoms with Gasteiger partial charge in [-0.2, -0.15) is 10.1 Å². The molecule has 1 heterocycles. The fourth-order valence-electron chi connectivity index (χ4n) is 4.57. The Morgan fingerprint density at radius 3 is 2.48 bits per heavy atom. The summed E-state index contributed by atoms with van der Waals surface area (Å²) in [7, 11) is 1.47. The molecule has 8 nitrogen and oxygen atoms in total. The second-order valence-corrected chi connectivity index (χ2v) is 8.69. The van der Waals surface area contributed by atoms with Crippen molar-refractivity contribution in [2.45, 2.75) is 26.4 Å². The summed E-state index contributed by atoms with van der Waals surface area (Å²) in [6.45, 7) is 3.51. The molecule has 3 aliphatic rings. The standard InChI is InChI=1S/C22H23BrN2O6/c1-4-30-22(28)11(2)31-19-14(8-15(23)9-16(19)29-3)10-24-25-20(26)17-12-5-6-13(7-12)18(17)21(25)27/h5-6,8-13,17-18H,4,7H2,1-3H3/t11-,12+,13+,17-,18+/m1/s1. The molecule has 1 saturated heterocycles. The third-order valence-corrected chi connectivity index (χ3v) is 6.40. The summed E-state index contributed by atoms with van der Waals surface area (Å²) >= 11 is 3.40. The molecule has 2 amide bonds. The molecular formula is C22H23BrN2O6. The highest BCUT2D eigenvalue weighted by Gasteiger charge is 2.59. The first-order valence-electron chi connectivity index (χ1n) is 10.2. The third-order valence-electron chi connectivity index (χ3n) is 5.94. The van der Waals surface area contributed by atoms with Gasteiger partial charge in [0, 0.05) is 10.0 Å². The van der Waals surface area contributed by atoms with Crippen LogP contribution in [0, 0.1) is 23.7 Å². The lowest BCUT2D eigenvalue weighted by atomic mass is 9.85. The summed E-state index contributed by atoms with van der Waals surface area (Å²) in [5, 5.41) is 5.17. The highest BCUT2D eigenvalue weighted by atomic mass is 79.9. The average Bonchev–Trinajstić information content (AvgIpc) is 3.42. The lowest BCUT2D eigenvalue weighted by Gasteiger charge is -2.18. The van der Waals surface area contributed by atoms with E-state index in [-0.39, 0.29) is 47.8 Å². The number of carbonyl (C=O) groups excluding carboxylic acids is 3. The molecule has 1 aliphatic heterocycles. The molecule has 5 atom stereocenters. The van der Waals surface area contributed by atoms with E-state index >= 15 is 0 Å². The summed E-state index contributed by atoms with van der Waals surface area (Å²) in [5.74, 6) is -0.853. The van der Waals surface area contributed by atoms with E-state index in [1.165, 1.54) is 13.3 Å². The van der Waals surface area contributed by atoms with Crippen molar-refractivity contribution in [1.82, 2.24) is 5.01 Å². The van der Waals surface area contributed by atoms with E-state index < -0.39 is 12.1 Å². The minimum absolute atomic E-state index is 0.113. The zero-order valence-electron chi connectivity index (χ0n) is 17.4. The Morgan fingerprint density at radius 1 is 1.26 bits per heavy atom. The van der Waals surface area contributed by atoms with Crippen molar-refractivity contribution in [1.29, 1.82) is 0 Å². The van der Waals surface area contributed by atoms with Crippen LogP contribution in [0.3, 0.4) is 0 Å². The highest BCUT2D eigenvalue weighted by Crippen LogP contribution is 2.52. The summed E-state index contributed by atoms with van der Waals surface area (Å²) in [5.41, 5.74) is 0.445. The van der Waals surface area contributed by atoms with Crippen LogP contribution in [-0.2, 0) is 19.1 Å². The predicted octanol–water partition coefficient (Wildman–Crippen LogP) is 2.93. The maximum Gasteiger partial charge on any atom is 0.347 e. The molecular weight excluding hydrogens is 468 g/mol. The Morgan fingerprint density at radius 2 is 1.90 bits per heavy atom. The van der Waals surface area contributed by atoms with Gasteiger partial charge in [-0.3, -0.25) is 9.59 Å². The molecule has 0 N–H and O–H groups in total. The molecule has 1 aromatic carbocycles. The number of hydrazone groups is 1. The monoisotopic (exact) mass is 490 g/mol. The number of nitrogens with zero attached hydrogens (tertiary/aromatic N) is 2. The van der Waals surface area contributed by atoms with E-state index in [1.54, 1.807) is 26.0 Å². The second-order valence-electron chi connectivity index (χ2n) is 7.77. The van der Waals surface area contributed by atoms with Crippen LogP contribution in [0.2, 0.25) is 0 Å². The van der Waals surface area contributed by atoms with Gasteiger partial charge in [0.15, 0.2) is 17.6 Å². The van der Waals surface area contributed by atoms with Crippen LogP contribution in [-0.4, -0.2) is 48.8 Å². The number of imide groups is 1. The topological polar surface area (TPSA) is 94.5 Å². The fourth-order valence-corrected chi connectivity index (χ4v) is 5.02. The van der Waals surface area contributed by atoms with Crippen molar-refractivity contribution >= 4 is 39.9 Å². The molecule has 2 aliphatic carbocycles. The molecule has 1 saturated carbocycles. The van der Waals surface area contributed by atoms with Gasteiger partial charge in [-0.05, 0) is 44.2 Å². The summed E-state index contributed by atoms with van der Waals surface area (Å²) in [6.07, 6.45) is 5.42. The quantitative estimate of drug-likeness (QED) is 0.252. The summed E-state index contributed by atoms with van der Waals surface area (Å²) < 4.78 is 16.9. The number of methoxy groups -OCH3 is 1. The zero-order chi connectivity index (χ0) is 22.3. The van der Waals surface area contributed by atoms with Crippen LogP contribution in [0.5, 0.6) is 11.5 Å². The van der Waals surface area contributed by atoms with Crippen molar-refractivity contribution in [3.63, 3.8) is 0 Å². The van der Waals surface area contributed by atoms with Gasteiger partial charge < -0.3 is 14.2 Å². The number of fused-ring (bicyclic) bond motifs is 5. The van der Waals surface area contributed by atoms with Crippen molar-refractivity contribution in [2.75, 3.05) is 13.7 Å². The van der Waals surface area contributed by atoms with Gasteiger partial charge >= 0.3 is 5.97 Å². The number of ether oxygens (including phenoxy) is 3. The van der Waals surface area contributed by atoms with Crippen LogP contribution >= 0.6 is 15.9 Å². The average molecular weight is 491 g/mol. The summed E-state index contributed by atoms with van der Waals surface area (Å²) in [4.78, 5) is 37.7. The Balaban J connectivity index is 1.61. The number of hydrogen-bond acceptors (Lipinski definition) is 7. The lowest BCUT2D eigenvalue weighted by Crippen LogP contribution is -2.28. The van der Waals surface area contributed by atoms with E-state index in [4.69, 9.17) is 14.2 Å². The van der Waals surface area contributed by atoms with E-state index in [1.807, 2.05) is 12.2 Å². The van der Waals surface area contributed by atoms with Crippen molar-refractivity contribution < 1.29 is 28.6 Å². The normalized spacial score (nSPS) is 27.2. The van der Waals surface area contributed by atoms with Crippen LogP contribution < -0.4 is 9.47 Å². The van der Waals surface area contributed by atoms with Crippen LogP contribution in [0.1, 0.15) is 25.8 Å². The molecule has 9 heteroatoms. The molecule has 0 unspecified atom stereocenters. The van der Waals surface area contributed by atoms with E-state index in [2.05, 4.69) is 21.0 Å². The predicted molar refractivity (Wildman–Crippen MR) is 115 cm³/mol. The Hall–Kier alpha value is -2.68. The second kappa shape index (κ2) is 8.45. The molecule has 2 fully saturated rings. The number of carbonyl (C=O) groups is 3. The van der Waals surface area contributed by atoms with Crippen molar-refractivity contribution in [3.8, 4) is 11.5 Å². The first kappa shape index (κ1) is 21.5. The van der Waals surface area contributed by atoms with Gasteiger partial charge in [0.1, 0.15) is 0 Å². The minimum atomic E-state index is -0.890. The van der Waals surface area contributed by atoms with E-state index in [0.717, 1.165) is 11.4 Å². The number of halogens is 1. The van der Waals surface area contributed by atoms with Crippen LogP contribution in [0.15, 0.2) is 33.9 Å². The highest BCUT2D eigenvalue weighted by molar-refractivity contribution is 9.10. The molecule has 0 spiro atoms. The van der Waals surface area contributed by atoms with Gasteiger partial charge in [0.25, 0.3) is 11.8 Å². The molecule has 4 rings (SSSR count). The lowest BCUT2D eigenvalue weighted by molar-refractivity contribution is -0.150. The first-order chi connectivity index (χ1) is 14.8. The molecule has 0 aromatic heterocycles. The summed E-state index contributed by atoms with van der Waals surface area (Å²) in [6, 6.07) is 3.39. The number of allylic oxidation sites excluding steroid dienone is 2. The smallest absolute Gasteiger partial charge is 0.347 e. The van der Waals surface area contributed by atoms with Gasteiger partial charge in [-0.1, -0.05) is 28.1 Å². The minimum Gasteiger partial charge on any atom is -0.493 e. The van der Waals surface area contributed by atoms with E-state index in [0.29, 0.717) is 15.8 Å². The molecule has 164 valence electrons. The largest absolute Gasteiger partial charge is 0.493 e. The zero-order valence-corrected chi connectivity index (χ0v) is 19.0. The fraction of sp³-hybridized carbons (Fsp3) is 0.455. The maximum absolute atomic E-state index is 12.9. The number of amides is 2. The Labute approximate surface area is 188 Å². The number of benzene rings is 1. The van der Waals surface area contributed by atoms with Gasteiger partial charge in [0.2, 0.25) is 0 Å². The Bertz CT molecular complexity index is 960. The Kier molecular flexibility index (Phi) is 5.88. The molecule has 31 heavy (non-hydrogen) atoms. The van der Waals surface area contributed by atoms with Crippen LogP contribution in [0.25, 0.3) is 0 Å². The third kappa shape index (κ3) is 3.75.